The van der Waals surface area contributed by atoms with E-state index in [4.69, 9.17) is 0 Å². The van der Waals surface area contributed by atoms with Crippen molar-refractivity contribution in [3.05, 3.63) is 23.3 Å². The maximum absolute atomic E-state index is 2.82. The summed E-state index contributed by atoms with van der Waals surface area (Å²) in [7, 11) is 0. The van der Waals surface area contributed by atoms with Gasteiger partial charge >= 0.3 is 0 Å². The number of allylic oxidation sites excluding steroid dienone is 4. The molecule has 3 saturated carbocycles. The van der Waals surface area contributed by atoms with Gasteiger partial charge in [0.1, 0.15) is 0 Å². The van der Waals surface area contributed by atoms with Crippen LogP contribution in [-0.4, -0.2) is 0 Å². The maximum atomic E-state index is 2.82. The Morgan fingerprint density at radius 3 is 2.43 bits per heavy atom. The third-order valence-corrected chi connectivity index (χ3v) is 11.2. The fraction of sp³-hybridized carbons (Fsp3) is 0.867. The molecule has 2 bridgehead atoms. The van der Waals surface area contributed by atoms with E-state index in [2.05, 4.69) is 67.5 Å². The highest BCUT2D eigenvalue weighted by molar-refractivity contribution is 5.31. The van der Waals surface area contributed by atoms with Gasteiger partial charge in [-0.2, -0.15) is 0 Å². The van der Waals surface area contributed by atoms with Crippen molar-refractivity contribution in [3.63, 3.8) is 0 Å². The molecule has 4 aliphatic rings. The molecular weight excluding hydrogens is 360 g/mol. The number of hydrogen-bond donors (Lipinski definition) is 0. The van der Waals surface area contributed by atoms with Gasteiger partial charge in [0.05, 0.1) is 0 Å². The van der Waals surface area contributed by atoms with E-state index in [1.165, 1.54) is 63.4 Å². The normalized spacial score (nSPS) is 47.8. The summed E-state index contributed by atoms with van der Waals surface area (Å²) in [6.07, 6.45) is 18.2. The summed E-state index contributed by atoms with van der Waals surface area (Å²) in [6.45, 7) is 20.4. The molecule has 0 N–H and O–H groups in total. The minimum absolute atomic E-state index is 0.403. The van der Waals surface area contributed by atoms with Gasteiger partial charge in [0.25, 0.3) is 0 Å². The van der Waals surface area contributed by atoms with E-state index >= 15 is 0 Å². The van der Waals surface area contributed by atoms with Gasteiger partial charge in [-0.1, -0.05) is 77.7 Å². The monoisotopic (exact) mass is 410 g/mol. The average molecular weight is 411 g/mol. The Labute approximate surface area is 188 Å². The molecule has 0 saturated heterocycles. The first-order chi connectivity index (χ1) is 14.0. The first kappa shape index (κ1) is 22.7. The van der Waals surface area contributed by atoms with Crippen LogP contribution in [0.25, 0.3) is 0 Å². The largest absolute Gasteiger partial charge is 0.0856 e. The Kier molecular flexibility index (Phi) is 5.90. The fourth-order valence-electron chi connectivity index (χ4n) is 9.74. The standard InChI is InChI=1S/C30H50/c1-20(2)10-14-25-23(5)24-13-12-22(4)30(25)19-16-26-28(6,7)17-9-18-29(26,8)27(30)15-11-21(24)3/h10,16,21-25,27H,9,11-15,17-19H2,1-8H3/t21-,22-,23+,24-,25-,27+,29-,30?/m0/s1. The van der Waals surface area contributed by atoms with E-state index in [0.717, 1.165) is 35.5 Å². The van der Waals surface area contributed by atoms with Crippen LogP contribution in [0.2, 0.25) is 0 Å². The number of fused-ring (bicyclic) bond motifs is 4. The van der Waals surface area contributed by atoms with Crippen LogP contribution in [0.3, 0.4) is 0 Å². The molecule has 3 fully saturated rings. The van der Waals surface area contributed by atoms with Crippen LogP contribution in [0.1, 0.15) is 113 Å². The van der Waals surface area contributed by atoms with Crippen molar-refractivity contribution < 1.29 is 0 Å². The van der Waals surface area contributed by atoms with Crippen LogP contribution in [0.5, 0.6) is 0 Å². The quantitative estimate of drug-likeness (QED) is 0.398. The van der Waals surface area contributed by atoms with Crippen molar-refractivity contribution >= 4 is 0 Å². The number of hydrogen-bond acceptors (Lipinski definition) is 0. The Bertz CT molecular complexity index is 704. The highest BCUT2D eigenvalue weighted by Gasteiger charge is 2.62. The molecule has 0 radical (unpaired) electrons. The van der Waals surface area contributed by atoms with Crippen LogP contribution >= 0.6 is 0 Å². The molecule has 30 heavy (non-hydrogen) atoms. The molecule has 1 spiro atoms. The Morgan fingerprint density at radius 1 is 1.00 bits per heavy atom. The van der Waals surface area contributed by atoms with Gasteiger partial charge < -0.3 is 0 Å². The van der Waals surface area contributed by atoms with Crippen molar-refractivity contribution in [2.75, 3.05) is 0 Å². The van der Waals surface area contributed by atoms with E-state index < -0.39 is 0 Å². The van der Waals surface area contributed by atoms with Gasteiger partial charge in [0.15, 0.2) is 0 Å². The molecule has 4 rings (SSSR count). The SMILES string of the molecule is CC(C)=CC[C@H]1[C@H](C)[C@H]2CC[C@H](C)C13CC=C1C(C)(C)CCC[C@]1(C)[C@H]3CC[C@@H]2C. The van der Waals surface area contributed by atoms with E-state index in [0.29, 0.717) is 16.2 Å². The van der Waals surface area contributed by atoms with Crippen molar-refractivity contribution in [1.29, 1.82) is 0 Å². The van der Waals surface area contributed by atoms with Crippen LogP contribution < -0.4 is 0 Å². The summed E-state index contributed by atoms with van der Waals surface area (Å²) in [6, 6.07) is 0. The summed E-state index contributed by atoms with van der Waals surface area (Å²) < 4.78 is 0. The molecule has 8 atom stereocenters. The van der Waals surface area contributed by atoms with Gasteiger partial charge in [-0.25, -0.2) is 0 Å². The van der Waals surface area contributed by atoms with Crippen LogP contribution in [0.15, 0.2) is 23.3 Å². The smallest absolute Gasteiger partial charge is 0.00772 e. The van der Waals surface area contributed by atoms with Gasteiger partial charge in [-0.3, -0.25) is 0 Å². The second-order valence-corrected chi connectivity index (χ2v) is 13.3. The van der Waals surface area contributed by atoms with Crippen LogP contribution in [-0.2, 0) is 0 Å². The van der Waals surface area contributed by atoms with Gasteiger partial charge in [-0.05, 0) is 111 Å². The molecule has 4 aliphatic carbocycles. The van der Waals surface area contributed by atoms with Gasteiger partial charge in [-0.15, -0.1) is 0 Å². The summed E-state index contributed by atoms with van der Waals surface area (Å²) in [5, 5.41) is 0. The van der Waals surface area contributed by atoms with Gasteiger partial charge in [0.2, 0.25) is 0 Å². The van der Waals surface area contributed by atoms with Crippen LogP contribution in [0.4, 0.5) is 0 Å². The zero-order valence-electron chi connectivity index (χ0n) is 21.5. The first-order valence-corrected chi connectivity index (χ1v) is 13.4. The lowest BCUT2D eigenvalue weighted by Crippen LogP contribution is -2.56. The van der Waals surface area contributed by atoms with E-state index in [-0.39, 0.29) is 0 Å². The summed E-state index contributed by atoms with van der Waals surface area (Å²) in [5.74, 6) is 5.27. The number of rotatable bonds is 2. The van der Waals surface area contributed by atoms with Gasteiger partial charge in [0, 0.05) is 0 Å². The highest BCUT2D eigenvalue weighted by Crippen LogP contribution is 2.70. The molecule has 0 heteroatoms. The predicted molar refractivity (Wildman–Crippen MR) is 131 cm³/mol. The minimum atomic E-state index is 0.403. The first-order valence-electron chi connectivity index (χ1n) is 13.4. The summed E-state index contributed by atoms with van der Waals surface area (Å²) in [5.41, 5.74) is 4.70. The lowest BCUT2D eigenvalue weighted by Gasteiger charge is -2.64. The molecule has 170 valence electrons. The zero-order valence-corrected chi connectivity index (χ0v) is 21.5. The second-order valence-electron chi connectivity index (χ2n) is 13.3. The lowest BCUT2D eigenvalue weighted by molar-refractivity contribution is -0.101. The van der Waals surface area contributed by atoms with Crippen molar-refractivity contribution in [2.45, 2.75) is 113 Å². The summed E-state index contributed by atoms with van der Waals surface area (Å²) in [4.78, 5) is 0. The maximum Gasteiger partial charge on any atom is -0.00772 e. The fourth-order valence-corrected chi connectivity index (χ4v) is 9.74. The van der Waals surface area contributed by atoms with Crippen LogP contribution in [0, 0.1) is 51.8 Å². The van der Waals surface area contributed by atoms with E-state index in [9.17, 15) is 0 Å². The molecule has 0 aromatic heterocycles. The topological polar surface area (TPSA) is 0 Å². The average Bonchev–Trinajstić information content (AvgIpc) is 2.70. The summed E-state index contributed by atoms with van der Waals surface area (Å²) >= 11 is 0. The highest BCUT2D eigenvalue weighted by atomic mass is 14.7. The molecule has 0 aromatic rings. The zero-order chi connectivity index (χ0) is 21.9. The molecule has 1 unspecified atom stereocenters. The molecule has 0 aromatic carbocycles. The molecule has 0 aliphatic heterocycles. The Morgan fingerprint density at radius 2 is 1.73 bits per heavy atom. The Balaban J connectivity index is 1.91. The van der Waals surface area contributed by atoms with Crippen molar-refractivity contribution in [2.24, 2.45) is 51.8 Å². The predicted octanol–water partition coefficient (Wildman–Crippen LogP) is 9.22. The lowest BCUT2D eigenvalue weighted by atomic mass is 9.40. The second kappa shape index (κ2) is 7.81. The Hall–Kier alpha value is -0.520. The van der Waals surface area contributed by atoms with E-state index in [1.54, 1.807) is 0 Å². The molecule has 0 heterocycles. The third-order valence-electron chi connectivity index (χ3n) is 11.2. The van der Waals surface area contributed by atoms with Crippen molar-refractivity contribution in [3.8, 4) is 0 Å². The molecule has 0 nitrogen and oxygen atoms in total. The van der Waals surface area contributed by atoms with Crippen molar-refractivity contribution in [1.82, 2.24) is 0 Å². The molecule has 0 amide bonds. The van der Waals surface area contributed by atoms with E-state index in [1.807, 2.05) is 5.57 Å². The molecular formula is C30H50. The minimum Gasteiger partial charge on any atom is -0.0856 e. The third kappa shape index (κ3) is 3.29.